The van der Waals surface area contributed by atoms with Gasteiger partial charge < -0.3 is 52.5 Å². The van der Waals surface area contributed by atoms with Gasteiger partial charge in [-0.25, -0.2) is 0 Å². The summed E-state index contributed by atoms with van der Waals surface area (Å²) in [4.78, 5) is 8.78. The van der Waals surface area contributed by atoms with E-state index in [0.717, 1.165) is 257 Å². The molecule has 0 atom stereocenters. The highest BCUT2D eigenvalue weighted by Crippen LogP contribution is 2.44. The van der Waals surface area contributed by atoms with Crippen LogP contribution >= 0.6 is 0 Å². The summed E-state index contributed by atoms with van der Waals surface area (Å²) in [5, 5.41) is 8.78. The lowest BCUT2D eigenvalue weighted by Gasteiger charge is -2.18. The second-order valence-electron chi connectivity index (χ2n) is 35.7. The third-order valence-electron chi connectivity index (χ3n) is 23.8. The van der Waals surface area contributed by atoms with Crippen LogP contribution in [-0.4, -0.2) is 71.6 Å². The number of aliphatic carboxylic acids is 1. The first kappa shape index (κ1) is 111. The van der Waals surface area contributed by atoms with Gasteiger partial charge >= 0.3 is 6.18 Å². The summed E-state index contributed by atoms with van der Waals surface area (Å²) in [7, 11) is 0. The lowest BCUT2D eigenvalue weighted by molar-refractivity contribution is -0.344. The average molecular weight is 1870 g/mol. The van der Waals surface area contributed by atoms with E-state index in [1.54, 1.807) is 0 Å². The van der Waals surface area contributed by atoms with Gasteiger partial charge in [0.1, 0.15) is 5.97 Å². The summed E-state index contributed by atoms with van der Waals surface area (Å²) in [5.41, 5.74) is 16.6. The molecule has 0 fully saturated rings. The molecule has 738 valence electrons. The fourth-order valence-electron chi connectivity index (χ4n) is 15.6. The Labute approximate surface area is 821 Å². The molecule has 0 saturated carbocycles. The molecule has 0 spiro atoms. The van der Waals surface area contributed by atoms with Crippen molar-refractivity contribution in [2.75, 3.05) is 59.5 Å². The van der Waals surface area contributed by atoms with Crippen molar-refractivity contribution < 1.29 is 65.7 Å². The number of carbonyl (C=O) groups excluding carboxylic acids is 1. The minimum absolute atomic E-state index is 0.644. The summed E-state index contributed by atoms with van der Waals surface area (Å²) < 4.78 is 90.5. The van der Waals surface area contributed by atoms with E-state index in [0.29, 0.717) is 59.5 Å². The van der Waals surface area contributed by atoms with Crippen LogP contribution in [0.25, 0.3) is 72.9 Å². The number of alkyl halides is 3. The number of carboxylic acid groups (broad SMARTS) is 1. The number of ether oxygens (including phenoxy) is 9. The maximum absolute atomic E-state index is 10.5. The Morgan fingerprint density at radius 3 is 0.489 bits per heavy atom. The molecule has 0 unspecified atom stereocenters. The van der Waals surface area contributed by atoms with Gasteiger partial charge in [-0.2, -0.15) is 13.2 Å². The zero-order chi connectivity index (χ0) is 97.4. The van der Waals surface area contributed by atoms with Gasteiger partial charge in [0.15, 0.2) is 34.5 Å². The summed E-state index contributed by atoms with van der Waals surface area (Å²) in [6, 6.07) is 66.0. The van der Waals surface area contributed by atoms with Crippen LogP contribution in [0, 0.1) is 5.92 Å². The maximum atomic E-state index is 10.5. The molecule has 0 aliphatic heterocycles. The van der Waals surface area contributed by atoms with Crippen LogP contribution in [0.2, 0.25) is 0 Å². The zero-order valence-corrected chi connectivity index (χ0v) is 84.2. The van der Waals surface area contributed by atoms with E-state index in [4.69, 9.17) is 52.5 Å². The Hall–Kier alpha value is -11.3. The maximum Gasteiger partial charge on any atom is 0.430 e. The number of unbranched alkanes of at least 4 members (excludes halogenated alkanes) is 27. The minimum Gasteiger partial charge on any atom is -0.542 e. The minimum atomic E-state index is -5.19. The normalized spacial score (nSPS) is 11.7. The number of hydrogen-bond donors (Lipinski definition) is 0. The highest BCUT2D eigenvalue weighted by atomic mass is 19.4. The zero-order valence-electron chi connectivity index (χ0n) is 84.2. The molecule has 0 aliphatic rings. The van der Waals surface area contributed by atoms with Crippen LogP contribution < -0.4 is 47.7 Å². The van der Waals surface area contributed by atoms with Crippen molar-refractivity contribution in [2.24, 2.45) is 0 Å². The van der Waals surface area contributed by atoms with E-state index in [1.807, 2.05) is 0 Å². The van der Waals surface area contributed by atoms with Gasteiger partial charge in [-0.3, -0.25) is 0 Å². The fourth-order valence-corrected chi connectivity index (χ4v) is 15.6. The number of halogens is 3. The van der Waals surface area contributed by atoms with Gasteiger partial charge in [-0.15, -0.1) is 0 Å². The van der Waals surface area contributed by atoms with E-state index >= 15 is 0 Å². The van der Waals surface area contributed by atoms with E-state index in [1.165, 1.54) is 116 Å². The predicted molar refractivity (Wildman–Crippen MR) is 570 cm³/mol. The quantitative estimate of drug-likeness (QED) is 0.0157. The molecule has 11 nitrogen and oxygen atoms in total. The Kier molecular flexibility index (Phi) is 54.4. The molecular weight excluding hydrogens is 1710 g/mol. The predicted octanol–water partition coefficient (Wildman–Crippen LogP) is 34.7. The second-order valence-corrected chi connectivity index (χ2v) is 35.7. The molecule has 0 N–H and O–H groups in total. The van der Waals surface area contributed by atoms with Gasteiger partial charge in [0.2, 0.25) is 17.2 Å². The van der Waals surface area contributed by atoms with Crippen molar-refractivity contribution in [3.63, 3.8) is 0 Å². The summed E-state index contributed by atoms with van der Waals surface area (Å²) >= 11 is 0. The molecule has 0 bridgehead atoms. The number of carbonyl (C=O) groups is 1. The largest absolute Gasteiger partial charge is 0.542 e. The molecule has 0 radical (unpaired) electrons. The number of hydrogen-bond acceptors (Lipinski definition) is 11. The lowest BCUT2D eigenvalue weighted by Crippen LogP contribution is -2.37. The molecule has 0 aliphatic carbocycles. The third-order valence-corrected chi connectivity index (χ3v) is 23.8. The van der Waals surface area contributed by atoms with Crippen molar-refractivity contribution in [3.05, 3.63) is 271 Å². The summed E-state index contributed by atoms with van der Waals surface area (Å²) in [5.74, 6) is 4.96. The van der Waals surface area contributed by atoms with Crippen LogP contribution in [0.1, 0.15) is 377 Å². The van der Waals surface area contributed by atoms with Crippen LogP contribution in [0.3, 0.4) is 0 Å². The van der Waals surface area contributed by atoms with Crippen molar-refractivity contribution in [3.8, 4) is 51.7 Å². The highest BCUT2D eigenvalue weighted by Gasteiger charge is 2.29. The van der Waals surface area contributed by atoms with E-state index < -0.39 is 12.1 Å². The van der Waals surface area contributed by atoms with Crippen LogP contribution in [0.5, 0.6) is 51.7 Å². The first-order chi connectivity index (χ1) is 67.1. The van der Waals surface area contributed by atoms with Crippen molar-refractivity contribution in [1.29, 1.82) is 0 Å². The smallest absolute Gasteiger partial charge is 0.430 e. The molecule has 0 heterocycles. The van der Waals surface area contributed by atoms with Gasteiger partial charge in [-0.05, 0) is 234 Å². The molecule has 137 heavy (non-hydrogen) atoms. The highest BCUT2D eigenvalue weighted by molar-refractivity contribution is 5.79. The van der Waals surface area contributed by atoms with Gasteiger partial charge in [0.25, 0.3) is 0 Å². The molecule has 0 amide bonds. The van der Waals surface area contributed by atoms with Crippen molar-refractivity contribution in [1.82, 2.24) is 0 Å². The summed E-state index contributed by atoms with van der Waals surface area (Å²) in [6.07, 6.45) is 62.0. The lowest BCUT2D eigenvalue weighted by atomic mass is 9.84. The molecule has 0 aromatic heterocycles. The first-order valence-electron chi connectivity index (χ1n) is 52.1. The standard InChI is InChI=1S/C121H159O9.C2HF3O2/c1-10-19-28-37-82-122-112-91-106(92-113(123-83-38-29-20-11-2)119(112)128-88-43-34-25-16-7)67-64-100-52-46-97(47-53-100)58-61-103-70-76-109(77-71-103)118(110-78-72-104(73-79-110)62-59-98-48-54-101(55-49-98)65-68-107-93-114(124-84-39-30-21-12-3)120(129-89-44-35-26-17-8)115(94-107)125-85-40-31-22-13-4)111-80-74-105(75-81-111)63-60-99-50-56-102(57-51-99)66-69-108-95-116(126-86-41-32-23-14-5)121(130-90-45-36-27-18-9)117(96-108)127-87-42-33-24-15-6;3-2(4,5)1(6)7/h46-81,91-96H,10-45,82-90H2,1-9H3;(H,6,7)/q+1;/p-1/b61-58+,62-59+,63-60+,67-64+,68-65+,69-66+;. The molecule has 9 aromatic rings. The molecule has 9 aromatic carbocycles. The van der Waals surface area contributed by atoms with Gasteiger partial charge in [0, 0.05) is 0 Å². The van der Waals surface area contributed by atoms with Gasteiger partial charge in [0.05, 0.1) is 82.1 Å². The monoisotopic (exact) mass is 1870 g/mol. The van der Waals surface area contributed by atoms with Crippen molar-refractivity contribution >= 4 is 78.9 Å². The average Bonchev–Trinajstić information content (AvgIpc) is 0.782. The van der Waals surface area contributed by atoms with Crippen LogP contribution in [0.15, 0.2) is 182 Å². The van der Waals surface area contributed by atoms with Crippen LogP contribution in [-0.2, 0) is 4.79 Å². The second kappa shape index (κ2) is 67.1. The van der Waals surface area contributed by atoms with E-state index in [-0.39, 0.29) is 0 Å². The Morgan fingerprint density at radius 1 is 0.219 bits per heavy atom. The third kappa shape index (κ3) is 43.6. The number of benzene rings is 9. The Balaban J connectivity index is 0.00000316. The molecular formula is C123H159F3O11. The molecule has 9 rings (SSSR count). The Bertz CT molecular complexity index is 4380. The number of carboxylic acids is 1. The fraction of sp³-hybridized carbons (Fsp3) is 0.447. The van der Waals surface area contributed by atoms with Crippen LogP contribution in [0.4, 0.5) is 13.2 Å². The molecule has 14 heteroatoms. The summed E-state index contributed by atoms with van der Waals surface area (Å²) in [6.45, 7) is 26.0. The molecule has 0 saturated heterocycles. The SMILES string of the molecule is CCCCCCOc1cc(/C=C/c2ccc(/C=C/c3ccc([C+](c4ccc(/C=C/c5ccc(/C=C/c6cc(OCCCCCC)c(OCCCCCC)c(OCCCCCC)c6)cc5)cc4)c4ccc(/C=C/c5ccc(/C=C/c6cc(OCCCCCC)c(OCCCCCC)c(OCCCCCC)c6)cc5)cc4)cc3)cc2)cc(OCCCCCC)c1OCCCCCC.O=C([O-])C(F)(F)F. The van der Waals surface area contributed by atoms with E-state index in [9.17, 15) is 13.2 Å². The Morgan fingerprint density at radius 2 is 0.350 bits per heavy atom. The topological polar surface area (TPSA) is 123 Å². The van der Waals surface area contributed by atoms with Crippen molar-refractivity contribution in [2.45, 2.75) is 300 Å². The first-order valence-corrected chi connectivity index (χ1v) is 52.1. The van der Waals surface area contributed by atoms with E-state index in [2.05, 4.69) is 317 Å². The van der Waals surface area contributed by atoms with Gasteiger partial charge in [-0.1, -0.05) is 381 Å². The number of rotatable bonds is 69.